The molecule has 0 bridgehead atoms. The van der Waals surface area contributed by atoms with Crippen molar-refractivity contribution >= 4 is 29.8 Å². The molecule has 0 spiro atoms. The van der Waals surface area contributed by atoms with Crippen LogP contribution in [0.15, 0.2) is 0 Å². The van der Waals surface area contributed by atoms with E-state index in [0.29, 0.717) is 0 Å². The zero-order chi connectivity index (χ0) is 12.2. The Kier molecular flexibility index (Phi) is 6.98. The lowest BCUT2D eigenvalue weighted by atomic mass is 10.6. The zero-order valence-electron chi connectivity index (χ0n) is 8.56. The lowest BCUT2D eigenvalue weighted by Gasteiger charge is -1.96. The van der Waals surface area contributed by atoms with Gasteiger partial charge < -0.3 is 0 Å². The van der Waals surface area contributed by atoms with Gasteiger partial charge in [-0.15, -0.1) is 0 Å². The molecule has 0 radical (unpaired) electrons. The Labute approximate surface area is 90.1 Å². The van der Waals surface area contributed by atoms with E-state index in [1.165, 1.54) is 27.7 Å². The van der Waals surface area contributed by atoms with Crippen LogP contribution in [0, 0.1) is 0 Å². The lowest BCUT2D eigenvalue weighted by Crippen LogP contribution is -2.22. The first kappa shape index (κ1) is 16.6. The first-order valence-corrected chi connectivity index (χ1v) is 7.82. The molecule has 5 nitrogen and oxygen atoms in total. The molecule has 0 aromatic heterocycles. The van der Waals surface area contributed by atoms with Crippen molar-refractivity contribution in [3.05, 3.63) is 0 Å². The summed E-state index contributed by atoms with van der Waals surface area (Å²) in [6, 6.07) is 0. The van der Waals surface area contributed by atoms with Gasteiger partial charge in [0.15, 0.2) is 0 Å². The van der Waals surface area contributed by atoms with E-state index in [9.17, 15) is 16.8 Å². The molecule has 0 unspecified atom stereocenters. The maximum atomic E-state index is 10.1. The van der Waals surface area contributed by atoms with Crippen LogP contribution >= 0.6 is 10.7 Å². The molecule has 0 heterocycles. The molecule has 0 aliphatic carbocycles. The van der Waals surface area contributed by atoms with Gasteiger partial charge in [-0.3, -0.25) is 0 Å². The van der Waals surface area contributed by atoms with E-state index in [1.807, 2.05) is 0 Å². The molecular weight excluding hydrogens is 250 g/mol. The molecule has 0 atom stereocenters. The molecule has 0 aliphatic rings. The van der Waals surface area contributed by atoms with Crippen molar-refractivity contribution in [3.8, 4) is 0 Å². The van der Waals surface area contributed by atoms with E-state index in [4.69, 9.17) is 10.7 Å². The van der Waals surface area contributed by atoms with Gasteiger partial charge in [-0.25, -0.2) is 22.0 Å². The quantitative estimate of drug-likeness (QED) is 0.742. The van der Waals surface area contributed by atoms with Crippen molar-refractivity contribution in [2.24, 2.45) is 5.14 Å². The van der Waals surface area contributed by atoms with Gasteiger partial charge in [0.2, 0.25) is 19.1 Å². The van der Waals surface area contributed by atoms with Crippen LogP contribution in [0.4, 0.5) is 0 Å². The highest BCUT2D eigenvalue weighted by Gasteiger charge is 2.09. The van der Waals surface area contributed by atoms with Crippen LogP contribution in [-0.4, -0.2) is 27.3 Å². The molecule has 8 heteroatoms. The molecule has 0 aromatic carbocycles. The molecule has 0 aliphatic heterocycles. The normalized spacial score (nSPS) is 12.6. The maximum absolute atomic E-state index is 10.1. The fourth-order valence-corrected chi connectivity index (χ4v) is 0. The summed E-state index contributed by atoms with van der Waals surface area (Å²) in [6.45, 7) is 6.13. The minimum absolute atomic E-state index is 0.451. The SMILES string of the molecule is CC(C)S(=O)(=O)Cl.CC(C)S(N)(=O)=O. The second kappa shape index (κ2) is 5.89. The lowest BCUT2D eigenvalue weighted by molar-refractivity contribution is 0.589. The minimum Gasteiger partial charge on any atom is -0.229 e. The average molecular weight is 266 g/mol. The summed E-state index contributed by atoms with van der Waals surface area (Å²) in [5, 5.41) is 3.74. The summed E-state index contributed by atoms with van der Waals surface area (Å²) < 4.78 is 40.4. The number of hydrogen-bond acceptors (Lipinski definition) is 4. The van der Waals surface area contributed by atoms with Crippen LogP contribution in [0.3, 0.4) is 0 Å². The smallest absolute Gasteiger partial charge is 0.229 e. The largest absolute Gasteiger partial charge is 0.234 e. The summed E-state index contributed by atoms with van der Waals surface area (Å²) in [4.78, 5) is 0. The van der Waals surface area contributed by atoms with E-state index in [0.717, 1.165) is 0 Å². The van der Waals surface area contributed by atoms with Crippen LogP contribution in [0.25, 0.3) is 0 Å². The molecule has 88 valence electrons. The third kappa shape index (κ3) is 10.2. The van der Waals surface area contributed by atoms with Crippen molar-refractivity contribution in [2.75, 3.05) is 0 Å². The molecule has 0 aromatic rings. The molecule has 2 N–H and O–H groups in total. The van der Waals surface area contributed by atoms with Gasteiger partial charge in [0.25, 0.3) is 0 Å². The van der Waals surface area contributed by atoms with Crippen molar-refractivity contribution in [1.29, 1.82) is 0 Å². The van der Waals surface area contributed by atoms with Gasteiger partial charge in [0.1, 0.15) is 0 Å². The van der Waals surface area contributed by atoms with E-state index in [-0.39, 0.29) is 0 Å². The summed E-state index contributed by atoms with van der Waals surface area (Å²) in [6.07, 6.45) is 0. The summed E-state index contributed by atoms with van der Waals surface area (Å²) in [5.41, 5.74) is 0. The van der Waals surface area contributed by atoms with E-state index in [1.54, 1.807) is 0 Å². The van der Waals surface area contributed by atoms with Crippen LogP contribution in [-0.2, 0) is 19.1 Å². The van der Waals surface area contributed by atoms with Crippen LogP contribution in [0.2, 0.25) is 0 Å². The highest BCUT2D eigenvalue weighted by Crippen LogP contribution is 2.03. The molecule has 0 saturated carbocycles. The second-order valence-electron chi connectivity index (χ2n) is 3.16. The Hall–Kier alpha value is 0.150. The molecule has 0 saturated heterocycles. The Morgan fingerprint density at radius 2 is 1.07 bits per heavy atom. The Balaban J connectivity index is 0. The van der Waals surface area contributed by atoms with Crippen molar-refractivity contribution in [1.82, 2.24) is 0 Å². The minimum atomic E-state index is -3.27. The topological polar surface area (TPSA) is 94.3 Å². The van der Waals surface area contributed by atoms with Gasteiger partial charge in [0.05, 0.1) is 10.5 Å². The summed E-state index contributed by atoms with van der Waals surface area (Å²) in [7, 11) is -1.67. The predicted molar refractivity (Wildman–Crippen MR) is 58.2 cm³/mol. The molecule has 0 fully saturated rings. The number of nitrogens with two attached hydrogens (primary N) is 1. The highest BCUT2D eigenvalue weighted by atomic mass is 35.7. The Morgan fingerprint density at radius 1 is 0.929 bits per heavy atom. The Bertz CT molecular complexity index is 308. The van der Waals surface area contributed by atoms with Crippen LogP contribution in [0.5, 0.6) is 0 Å². The number of rotatable bonds is 2. The maximum Gasteiger partial charge on any atom is 0.234 e. The number of halogens is 1. The third-order valence-corrected chi connectivity index (χ3v) is 4.73. The van der Waals surface area contributed by atoms with Gasteiger partial charge in [-0.05, 0) is 27.7 Å². The summed E-state index contributed by atoms with van der Waals surface area (Å²) in [5.74, 6) is 0. The summed E-state index contributed by atoms with van der Waals surface area (Å²) >= 11 is 0. The zero-order valence-corrected chi connectivity index (χ0v) is 10.9. The van der Waals surface area contributed by atoms with E-state index < -0.39 is 29.6 Å². The van der Waals surface area contributed by atoms with E-state index in [2.05, 4.69) is 5.14 Å². The van der Waals surface area contributed by atoms with Gasteiger partial charge in [0, 0.05) is 10.7 Å². The molecule has 0 amide bonds. The number of hydrogen-bond donors (Lipinski definition) is 1. The van der Waals surface area contributed by atoms with Crippen molar-refractivity contribution in [2.45, 2.75) is 38.2 Å². The fourth-order valence-electron chi connectivity index (χ4n) is 0. The van der Waals surface area contributed by atoms with Gasteiger partial charge in [-0.1, -0.05) is 0 Å². The van der Waals surface area contributed by atoms with Crippen molar-refractivity contribution in [3.63, 3.8) is 0 Å². The fraction of sp³-hybridized carbons (Fsp3) is 1.00. The molecule has 14 heavy (non-hydrogen) atoms. The molecule has 0 rings (SSSR count). The third-order valence-electron chi connectivity index (χ3n) is 1.22. The Morgan fingerprint density at radius 3 is 1.07 bits per heavy atom. The predicted octanol–water partition coefficient (Wildman–Crippen LogP) is 0.647. The molecular formula is C6H16ClNO4S2. The van der Waals surface area contributed by atoms with E-state index >= 15 is 0 Å². The van der Waals surface area contributed by atoms with Gasteiger partial charge >= 0.3 is 0 Å². The van der Waals surface area contributed by atoms with Gasteiger partial charge in [-0.2, -0.15) is 0 Å². The van der Waals surface area contributed by atoms with Crippen LogP contribution in [0.1, 0.15) is 27.7 Å². The average Bonchev–Trinajstić information content (AvgIpc) is 1.83. The first-order valence-electron chi connectivity index (χ1n) is 3.84. The highest BCUT2D eigenvalue weighted by molar-refractivity contribution is 8.14. The first-order chi connectivity index (χ1) is 5.89. The monoisotopic (exact) mass is 265 g/mol. The standard InChI is InChI=1S/C3H7ClO2S.C3H9NO2S/c2*1-3(2)7(4,5)6/h3H,1-2H3;3H,1-2H3,(H2,4,5,6). The second-order valence-corrected chi connectivity index (χ2v) is 8.47. The number of primary sulfonamides is 1. The van der Waals surface area contributed by atoms with Crippen LogP contribution < -0.4 is 5.14 Å². The number of sulfonamides is 1. The van der Waals surface area contributed by atoms with Crippen molar-refractivity contribution < 1.29 is 16.8 Å².